The highest BCUT2D eigenvalue weighted by Gasteiger charge is 2.17. The quantitative estimate of drug-likeness (QED) is 0.744. The summed E-state index contributed by atoms with van der Waals surface area (Å²) < 4.78 is 15.5. The smallest absolute Gasteiger partial charge is 0.319 e. The molecule has 0 fully saturated rings. The fraction of sp³-hybridized carbons (Fsp3) is 0.176. The third-order valence-corrected chi connectivity index (χ3v) is 3.81. The molecule has 0 saturated carbocycles. The zero-order chi connectivity index (χ0) is 18.5. The standard InChI is InChI=1S/C17H16ClN3O5/c1-24-11-4-2-10(3-5-11)20-17(23)19-8-16(22)21-13-7-15-14(6-12(13)18)25-9-26-15/h2-7H,8-9H2,1H3,(H,21,22)(H2,19,20,23). The van der Waals surface area contributed by atoms with Crippen molar-refractivity contribution in [1.29, 1.82) is 0 Å². The molecule has 2 aromatic carbocycles. The lowest BCUT2D eigenvalue weighted by Crippen LogP contribution is -2.35. The van der Waals surface area contributed by atoms with Crippen LogP contribution in [-0.4, -0.2) is 32.4 Å². The van der Waals surface area contributed by atoms with E-state index in [2.05, 4.69) is 16.0 Å². The van der Waals surface area contributed by atoms with Gasteiger partial charge in [0.2, 0.25) is 12.7 Å². The van der Waals surface area contributed by atoms with Crippen molar-refractivity contribution in [2.45, 2.75) is 0 Å². The summed E-state index contributed by atoms with van der Waals surface area (Å²) in [6.45, 7) is -0.122. The highest BCUT2D eigenvalue weighted by atomic mass is 35.5. The molecule has 136 valence electrons. The van der Waals surface area contributed by atoms with Crippen LogP contribution in [0.2, 0.25) is 5.02 Å². The van der Waals surface area contributed by atoms with E-state index in [0.717, 1.165) is 0 Å². The van der Waals surface area contributed by atoms with Crippen molar-refractivity contribution in [2.75, 3.05) is 31.1 Å². The third-order valence-electron chi connectivity index (χ3n) is 3.49. The van der Waals surface area contributed by atoms with Crippen LogP contribution in [0.25, 0.3) is 0 Å². The number of amides is 3. The molecule has 0 bridgehead atoms. The molecule has 0 atom stereocenters. The molecule has 2 aromatic rings. The fourth-order valence-electron chi connectivity index (χ4n) is 2.22. The number of rotatable bonds is 5. The van der Waals surface area contributed by atoms with Crippen LogP contribution in [0.3, 0.4) is 0 Å². The number of ether oxygens (including phenoxy) is 3. The predicted molar refractivity (Wildman–Crippen MR) is 96.2 cm³/mol. The molecule has 0 aliphatic carbocycles. The molecule has 3 N–H and O–H groups in total. The van der Waals surface area contributed by atoms with E-state index in [9.17, 15) is 9.59 Å². The van der Waals surface area contributed by atoms with Crippen molar-refractivity contribution in [3.05, 3.63) is 41.4 Å². The van der Waals surface area contributed by atoms with Crippen LogP contribution in [0, 0.1) is 0 Å². The van der Waals surface area contributed by atoms with Gasteiger partial charge >= 0.3 is 6.03 Å². The third kappa shape index (κ3) is 4.28. The van der Waals surface area contributed by atoms with Gasteiger partial charge in [0.05, 0.1) is 24.4 Å². The molecular weight excluding hydrogens is 362 g/mol. The summed E-state index contributed by atoms with van der Waals surface area (Å²) >= 11 is 6.09. The van der Waals surface area contributed by atoms with Gasteiger partial charge in [-0.05, 0) is 24.3 Å². The van der Waals surface area contributed by atoms with Crippen molar-refractivity contribution in [2.24, 2.45) is 0 Å². The first-order valence-electron chi connectivity index (χ1n) is 7.63. The highest BCUT2D eigenvalue weighted by Crippen LogP contribution is 2.39. The van der Waals surface area contributed by atoms with E-state index in [1.54, 1.807) is 43.5 Å². The van der Waals surface area contributed by atoms with Crippen LogP contribution in [0.4, 0.5) is 16.2 Å². The van der Waals surface area contributed by atoms with Crippen LogP contribution < -0.4 is 30.2 Å². The summed E-state index contributed by atoms with van der Waals surface area (Å²) in [5.74, 6) is 1.26. The molecule has 1 aliphatic heterocycles. The normalized spacial score (nSPS) is 11.6. The first-order chi connectivity index (χ1) is 12.5. The number of carbonyl (C=O) groups excluding carboxylic acids is 2. The molecule has 0 aromatic heterocycles. The van der Waals surface area contributed by atoms with Crippen molar-refractivity contribution in [3.63, 3.8) is 0 Å². The number of nitrogens with one attached hydrogen (secondary N) is 3. The number of fused-ring (bicyclic) bond motifs is 1. The predicted octanol–water partition coefficient (Wildman–Crippen LogP) is 2.84. The Hall–Kier alpha value is -3.13. The first kappa shape index (κ1) is 17.7. The zero-order valence-corrected chi connectivity index (χ0v) is 14.6. The molecule has 3 amide bonds. The van der Waals surface area contributed by atoms with Gasteiger partial charge in [-0.2, -0.15) is 0 Å². The molecule has 0 spiro atoms. The van der Waals surface area contributed by atoms with Crippen LogP contribution in [0.5, 0.6) is 17.2 Å². The molecule has 26 heavy (non-hydrogen) atoms. The number of hydrogen-bond donors (Lipinski definition) is 3. The fourth-order valence-corrected chi connectivity index (χ4v) is 2.42. The largest absolute Gasteiger partial charge is 0.497 e. The molecule has 0 radical (unpaired) electrons. The van der Waals surface area contributed by atoms with E-state index in [1.165, 1.54) is 0 Å². The van der Waals surface area contributed by atoms with Gasteiger partial charge in [0, 0.05) is 17.8 Å². The topological polar surface area (TPSA) is 97.9 Å². The highest BCUT2D eigenvalue weighted by molar-refractivity contribution is 6.34. The summed E-state index contributed by atoms with van der Waals surface area (Å²) in [6.07, 6.45) is 0. The molecular formula is C17H16ClN3O5. The van der Waals surface area contributed by atoms with Crippen molar-refractivity contribution >= 4 is 34.9 Å². The van der Waals surface area contributed by atoms with Gasteiger partial charge in [0.25, 0.3) is 0 Å². The van der Waals surface area contributed by atoms with Gasteiger partial charge in [-0.25, -0.2) is 4.79 Å². The first-order valence-corrected chi connectivity index (χ1v) is 8.01. The van der Waals surface area contributed by atoms with Gasteiger partial charge in [0.15, 0.2) is 11.5 Å². The summed E-state index contributed by atoms with van der Waals surface area (Å²) in [7, 11) is 1.56. The second-order valence-electron chi connectivity index (χ2n) is 5.27. The minimum atomic E-state index is -0.512. The van der Waals surface area contributed by atoms with Crippen LogP contribution in [0.15, 0.2) is 36.4 Å². The second kappa shape index (κ2) is 7.83. The van der Waals surface area contributed by atoms with Crippen molar-refractivity contribution < 1.29 is 23.8 Å². The summed E-state index contributed by atoms with van der Waals surface area (Å²) in [5, 5.41) is 7.99. The van der Waals surface area contributed by atoms with Gasteiger partial charge < -0.3 is 30.2 Å². The van der Waals surface area contributed by atoms with Gasteiger partial charge in [-0.1, -0.05) is 11.6 Å². The van der Waals surface area contributed by atoms with Gasteiger partial charge in [-0.3, -0.25) is 4.79 Å². The number of benzene rings is 2. The Labute approximate surface area is 154 Å². The molecule has 1 aliphatic rings. The van der Waals surface area contributed by atoms with Crippen LogP contribution in [-0.2, 0) is 4.79 Å². The Bertz CT molecular complexity index is 826. The van der Waals surface area contributed by atoms with Gasteiger partial charge in [0.1, 0.15) is 5.75 Å². The molecule has 8 nitrogen and oxygen atoms in total. The van der Waals surface area contributed by atoms with Crippen LogP contribution >= 0.6 is 11.6 Å². The Morgan fingerprint density at radius 1 is 1.12 bits per heavy atom. The lowest BCUT2D eigenvalue weighted by Gasteiger charge is -2.10. The Morgan fingerprint density at radius 2 is 1.81 bits per heavy atom. The lowest BCUT2D eigenvalue weighted by atomic mass is 10.2. The monoisotopic (exact) mass is 377 g/mol. The lowest BCUT2D eigenvalue weighted by molar-refractivity contribution is -0.115. The minimum Gasteiger partial charge on any atom is -0.497 e. The minimum absolute atomic E-state index is 0.107. The van der Waals surface area contributed by atoms with E-state index in [0.29, 0.717) is 33.6 Å². The Balaban J connectivity index is 1.50. The summed E-state index contributed by atoms with van der Waals surface area (Å²) in [4.78, 5) is 23.9. The number of urea groups is 1. The average molecular weight is 378 g/mol. The van der Waals surface area contributed by atoms with E-state index in [-0.39, 0.29) is 13.3 Å². The second-order valence-corrected chi connectivity index (χ2v) is 5.68. The summed E-state index contributed by atoms with van der Waals surface area (Å²) in [6, 6.07) is 9.41. The van der Waals surface area contributed by atoms with E-state index >= 15 is 0 Å². The molecule has 0 saturated heterocycles. The SMILES string of the molecule is COc1ccc(NC(=O)NCC(=O)Nc2cc3c(cc2Cl)OCO3)cc1. The maximum atomic E-state index is 12.0. The van der Waals surface area contributed by atoms with E-state index < -0.39 is 11.9 Å². The number of methoxy groups -OCH3 is 1. The number of anilines is 2. The van der Waals surface area contributed by atoms with E-state index in [4.69, 9.17) is 25.8 Å². The van der Waals surface area contributed by atoms with E-state index in [1.807, 2.05) is 0 Å². The Kier molecular flexibility index (Phi) is 5.33. The summed E-state index contributed by atoms with van der Waals surface area (Å²) in [5.41, 5.74) is 0.945. The number of halogens is 1. The molecule has 3 rings (SSSR count). The van der Waals surface area contributed by atoms with Gasteiger partial charge in [-0.15, -0.1) is 0 Å². The zero-order valence-electron chi connectivity index (χ0n) is 13.8. The van der Waals surface area contributed by atoms with Crippen molar-refractivity contribution in [3.8, 4) is 17.2 Å². The van der Waals surface area contributed by atoms with Crippen LogP contribution in [0.1, 0.15) is 0 Å². The average Bonchev–Trinajstić information content (AvgIpc) is 3.08. The number of carbonyl (C=O) groups is 2. The maximum absolute atomic E-state index is 12.0. The van der Waals surface area contributed by atoms with Crippen molar-refractivity contribution in [1.82, 2.24) is 5.32 Å². The molecule has 9 heteroatoms. The molecule has 0 unspecified atom stereocenters. The molecule has 1 heterocycles. The maximum Gasteiger partial charge on any atom is 0.319 e. The number of hydrogen-bond acceptors (Lipinski definition) is 5. The Morgan fingerprint density at radius 3 is 2.50 bits per heavy atom.